The molecule has 0 fully saturated rings. The molecule has 0 unspecified atom stereocenters. The van der Waals surface area contributed by atoms with Gasteiger partial charge in [0.25, 0.3) is 5.91 Å². The predicted octanol–water partition coefficient (Wildman–Crippen LogP) is 3.79. The van der Waals surface area contributed by atoms with E-state index in [1.54, 1.807) is 13.8 Å². The van der Waals surface area contributed by atoms with E-state index in [0.717, 1.165) is 11.1 Å². The molecule has 2 N–H and O–H groups in total. The van der Waals surface area contributed by atoms with Crippen LogP contribution in [0.15, 0.2) is 41.3 Å². The number of rotatable bonds is 9. The van der Waals surface area contributed by atoms with Crippen LogP contribution in [0.2, 0.25) is 0 Å². The summed E-state index contributed by atoms with van der Waals surface area (Å²) in [4.78, 5) is 12.9. The Balaban J connectivity index is 2.29. The normalized spacial score (nSPS) is 12.5. The Morgan fingerprint density at radius 1 is 1.10 bits per heavy atom. The van der Waals surface area contributed by atoms with Gasteiger partial charge in [-0.05, 0) is 69.5 Å². The molecule has 1 amide bonds. The van der Waals surface area contributed by atoms with E-state index in [-0.39, 0.29) is 22.5 Å². The summed E-state index contributed by atoms with van der Waals surface area (Å²) in [5.74, 6) is 0.609. The van der Waals surface area contributed by atoms with Gasteiger partial charge in [-0.1, -0.05) is 19.1 Å². The van der Waals surface area contributed by atoms with E-state index in [1.165, 1.54) is 25.3 Å². The van der Waals surface area contributed by atoms with Gasteiger partial charge in [0.1, 0.15) is 11.5 Å². The van der Waals surface area contributed by atoms with Gasteiger partial charge in [0.15, 0.2) is 6.10 Å². The fourth-order valence-corrected chi connectivity index (χ4v) is 4.15. The number of hydrogen-bond acceptors (Lipinski definition) is 5. The summed E-state index contributed by atoms with van der Waals surface area (Å²) in [6.45, 7) is 9.24. The van der Waals surface area contributed by atoms with Crippen molar-refractivity contribution in [2.75, 3.05) is 12.4 Å². The van der Waals surface area contributed by atoms with Crippen LogP contribution < -0.4 is 19.5 Å². The van der Waals surface area contributed by atoms with Gasteiger partial charge in [0.05, 0.1) is 17.7 Å². The molecular formula is C22H30N2O5S. The van der Waals surface area contributed by atoms with Gasteiger partial charge < -0.3 is 14.8 Å². The Morgan fingerprint density at radius 3 is 2.40 bits per heavy atom. The number of ether oxygens (including phenoxy) is 2. The molecule has 0 spiro atoms. The maximum atomic E-state index is 12.9. The first-order valence-corrected chi connectivity index (χ1v) is 11.3. The highest BCUT2D eigenvalue weighted by molar-refractivity contribution is 7.89. The van der Waals surface area contributed by atoms with E-state index >= 15 is 0 Å². The number of carbonyl (C=O) groups is 1. The van der Waals surface area contributed by atoms with Gasteiger partial charge in [-0.25, -0.2) is 13.1 Å². The first kappa shape index (κ1) is 23.7. The Hall–Kier alpha value is -2.58. The topological polar surface area (TPSA) is 93.7 Å². The van der Waals surface area contributed by atoms with Crippen LogP contribution in [0.25, 0.3) is 0 Å². The first-order valence-electron chi connectivity index (χ1n) is 9.83. The van der Waals surface area contributed by atoms with E-state index in [4.69, 9.17) is 9.47 Å². The summed E-state index contributed by atoms with van der Waals surface area (Å²) < 4.78 is 38.7. The van der Waals surface area contributed by atoms with Crippen molar-refractivity contribution in [2.24, 2.45) is 0 Å². The van der Waals surface area contributed by atoms with Gasteiger partial charge in [-0.2, -0.15) is 0 Å². The quantitative estimate of drug-likeness (QED) is 0.626. The molecule has 8 heteroatoms. The van der Waals surface area contributed by atoms with Gasteiger partial charge in [-0.15, -0.1) is 0 Å². The van der Waals surface area contributed by atoms with E-state index in [9.17, 15) is 13.2 Å². The Bertz CT molecular complexity index is 1000. The molecule has 2 aromatic rings. The summed E-state index contributed by atoms with van der Waals surface area (Å²) in [6.07, 6.45) is -0.307. The lowest BCUT2D eigenvalue weighted by Gasteiger charge is -2.20. The average molecular weight is 435 g/mol. The van der Waals surface area contributed by atoms with Crippen molar-refractivity contribution in [3.8, 4) is 11.5 Å². The Kier molecular flexibility index (Phi) is 7.86. The fraction of sp³-hybridized carbons (Fsp3) is 0.409. The van der Waals surface area contributed by atoms with Crippen molar-refractivity contribution >= 4 is 21.6 Å². The summed E-state index contributed by atoms with van der Waals surface area (Å²) >= 11 is 0. The fourth-order valence-electron chi connectivity index (χ4n) is 2.87. The van der Waals surface area contributed by atoms with Crippen LogP contribution in [-0.2, 0) is 14.8 Å². The molecule has 2 aromatic carbocycles. The number of hydrogen-bond donors (Lipinski definition) is 2. The van der Waals surface area contributed by atoms with Gasteiger partial charge in [0.2, 0.25) is 10.0 Å². The summed E-state index contributed by atoms with van der Waals surface area (Å²) in [6, 6.07) is 9.74. The monoisotopic (exact) mass is 434 g/mol. The summed E-state index contributed by atoms with van der Waals surface area (Å²) in [5, 5.41) is 2.75. The van der Waals surface area contributed by atoms with Gasteiger partial charge in [0, 0.05) is 6.04 Å². The zero-order chi connectivity index (χ0) is 22.5. The van der Waals surface area contributed by atoms with E-state index < -0.39 is 16.1 Å². The molecule has 0 aliphatic rings. The number of sulfonamides is 1. The summed E-state index contributed by atoms with van der Waals surface area (Å²) in [5.41, 5.74) is 2.30. The zero-order valence-electron chi connectivity index (χ0n) is 18.3. The standard InChI is InChI=1S/C22H30N2O5S/c1-7-19(29-20-10-8-9-15(4)16(20)5)22(25)23-18-13-17(11-12-21(18)28-6)30(26,27)24-14(2)3/h8-14,19,24H,7H2,1-6H3,(H,23,25)/t19-/m0/s1. The van der Waals surface area contributed by atoms with Gasteiger partial charge >= 0.3 is 0 Å². The Labute approximate surface area is 178 Å². The van der Waals surface area contributed by atoms with Crippen molar-refractivity contribution in [1.82, 2.24) is 4.72 Å². The second-order valence-corrected chi connectivity index (χ2v) is 9.05. The maximum Gasteiger partial charge on any atom is 0.265 e. The smallest absolute Gasteiger partial charge is 0.265 e. The maximum absolute atomic E-state index is 12.9. The highest BCUT2D eigenvalue weighted by Gasteiger charge is 2.23. The molecule has 164 valence electrons. The van der Waals surface area contributed by atoms with Gasteiger partial charge in [-0.3, -0.25) is 4.79 Å². The van der Waals surface area contributed by atoms with E-state index in [0.29, 0.717) is 17.9 Å². The lowest BCUT2D eigenvalue weighted by molar-refractivity contribution is -0.122. The largest absolute Gasteiger partial charge is 0.495 e. The van der Waals surface area contributed by atoms with Crippen molar-refractivity contribution < 1.29 is 22.7 Å². The molecular weight excluding hydrogens is 404 g/mol. The molecule has 0 radical (unpaired) electrons. The van der Waals surface area contributed by atoms with E-state index in [1.807, 2.05) is 39.0 Å². The molecule has 0 heterocycles. The van der Waals surface area contributed by atoms with Crippen molar-refractivity contribution in [3.63, 3.8) is 0 Å². The number of methoxy groups -OCH3 is 1. The molecule has 0 saturated heterocycles. The zero-order valence-corrected chi connectivity index (χ0v) is 19.1. The highest BCUT2D eigenvalue weighted by atomic mass is 32.2. The summed E-state index contributed by atoms with van der Waals surface area (Å²) in [7, 11) is -2.26. The third kappa shape index (κ3) is 5.73. The predicted molar refractivity (Wildman–Crippen MR) is 118 cm³/mol. The molecule has 0 aliphatic carbocycles. The molecule has 7 nitrogen and oxygen atoms in total. The van der Waals surface area contributed by atoms with Crippen LogP contribution in [0.1, 0.15) is 38.3 Å². The van der Waals surface area contributed by atoms with Crippen molar-refractivity contribution in [2.45, 2.75) is 58.1 Å². The molecule has 1 atom stereocenters. The number of anilines is 1. The van der Waals surface area contributed by atoms with Crippen LogP contribution in [0.5, 0.6) is 11.5 Å². The number of aryl methyl sites for hydroxylation is 1. The lowest BCUT2D eigenvalue weighted by Crippen LogP contribution is -2.33. The van der Waals surface area contributed by atoms with Crippen LogP contribution in [0.4, 0.5) is 5.69 Å². The molecule has 30 heavy (non-hydrogen) atoms. The average Bonchev–Trinajstić information content (AvgIpc) is 2.68. The SMILES string of the molecule is CC[C@H](Oc1cccc(C)c1C)C(=O)Nc1cc(S(=O)(=O)NC(C)C)ccc1OC. The first-order chi connectivity index (χ1) is 14.1. The van der Waals surface area contributed by atoms with Crippen molar-refractivity contribution in [3.05, 3.63) is 47.5 Å². The number of benzene rings is 2. The van der Waals surface area contributed by atoms with Crippen LogP contribution in [-0.4, -0.2) is 33.6 Å². The van der Waals surface area contributed by atoms with Crippen LogP contribution in [0.3, 0.4) is 0 Å². The number of carbonyl (C=O) groups excluding carboxylic acids is 1. The van der Waals surface area contributed by atoms with Crippen molar-refractivity contribution in [1.29, 1.82) is 0 Å². The molecule has 0 aliphatic heterocycles. The number of nitrogens with one attached hydrogen (secondary N) is 2. The number of amides is 1. The van der Waals surface area contributed by atoms with E-state index in [2.05, 4.69) is 10.0 Å². The second kappa shape index (κ2) is 9.95. The molecule has 2 rings (SSSR count). The highest BCUT2D eigenvalue weighted by Crippen LogP contribution is 2.29. The molecule has 0 aromatic heterocycles. The van der Waals surface area contributed by atoms with Crippen LogP contribution in [0, 0.1) is 13.8 Å². The van der Waals surface area contributed by atoms with Crippen LogP contribution >= 0.6 is 0 Å². The molecule has 0 bridgehead atoms. The third-order valence-corrected chi connectivity index (χ3v) is 6.27. The minimum atomic E-state index is -3.72. The minimum absolute atomic E-state index is 0.0378. The second-order valence-electron chi connectivity index (χ2n) is 7.34. The minimum Gasteiger partial charge on any atom is -0.495 e. The molecule has 0 saturated carbocycles. The third-order valence-electron chi connectivity index (χ3n) is 4.62. The lowest BCUT2D eigenvalue weighted by atomic mass is 10.1. The Morgan fingerprint density at radius 2 is 1.80 bits per heavy atom.